The lowest BCUT2D eigenvalue weighted by atomic mass is 10.2. The summed E-state index contributed by atoms with van der Waals surface area (Å²) < 4.78 is 0. The van der Waals surface area contributed by atoms with Crippen LogP contribution in [0.25, 0.3) is 0 Å². The van der Waals surface area contributed by atoms with Gasteiger partial charge in [-0.2, -0.15) is 0 Å². The van der Waals surface area contributed by atoms with Crippen LogP contribution in [0.2, 0.25) is 0 Å². The molecule has 0 aromatic carbocycles. The third-order valence-electron chi connectivity index (χ3n) is 2.81. The van der Waals surface area contributed by atoms with Gasteiger partial charge in [-0.1, -0.05) is 25.2 Å². The Morgan fingerprint density at radius 3 is 3.06 bits per heavy atom. The van der Waals surface area contributed by atoms with Crippen molar-refractivity contribution in [2.75, 3.05) is 24.5 Å². The van der Waals surface area contributed by atoms with E-state index in [0.29, 0.717) is 12.0 Å². The van der Waals surface area contributed by atoms with E-state index in [1.807, 2.05) is 5.51 Å². The molecule has 0 saturated carbocycles. The SMILES string of the molecule is CC(C)CN(CC1CCCN1)c1nncs1. The molecule has 5 heteroatoms. The van der Waals surface area contributed by atoms with E-state index in [4.69, 9.17) is 0 Å². The van der Waals surface area contributed by atoms with Gasteiger partial charge in [0.2, 0.25) is 5.13 Å². The second kappa shape index (κ2) is 5.59. The highest BCUT2D eigenvalue weighted by Crippen LogP contribution is 2.19. The highest BCUT2D eigenvalue weighted by molar-refractivity contribution is 7.13. The first-order valence-corrected chi connectivity index (χ1v) is 6.88. The molecule has 1 atom stereocenters. The van der Waals surface area contributed by atoms with Gasteiger partial charge in [-0.05, 0) is 25.3 Å². The summed E-state index contributed by atoms with van der Waals surface area (Å²) in [6.45, 7) is 7.78. The number of anilines is 1. The monoisotopic (exact) mass is 240 g/mol. The van der Waals surface area contributed by atoms with Crippen LogP contribution in [0, 0.1) is 5.92 Å². The highest BCUT2D eigenvalue weighted by atomic mass is 32.1. The maximum atomic E-state index is 4.18. The number of aromatic nitrogens is 2. The molecule has 0 aliphatic carbocycles. The smallest absolute Gasteiger partial charge is 0.208 e. The molecule has 0 bridgehead atoms. The van der Waals surface area contributed by atoms with E-state index in [0.717, 1.165) is 24.8 Å². The fraction of sp³-hybridized carbons (Fsp3) is 0.818. The lowest BCUT2D eigenvalue weighted by molar-refractivity contribution is 0.539. The number of hydrogen-bond donors (Lipinski definition) is 1. The number of hydrogen-bond acceptors (Lipinski definition) is 5. The third-order valence-corrected chi connectivity index (χ3v) is 3.56. The van der Waals surface area contributed by atoms with Crippen molar-refractivity contribution >= 4 is 16.5 Å². The first-order chi connectivity index (χ1) is 7.75. The van der Waals surface area contributed by atoms with E-state index in [1.165, 1.54) is 12.8 Å². The summed E-state index contributed by atoms with van der Waals surface area (Å²) in [5, 5.41) is 12.7. The molecular formula is C11H20N4S. The Morgan fingerprint density at radius 2 is 2.50 bits per heavy atom. The van der Waals surface area contributed by atoms with Gasteiger partial charge in [0.1, 0.15) is 5.51 Å². The third kappa shape index (κ3) is 3.15. The lowest BCUT2D eigenvalue weighted by Crippen LogP contribution is -2.39. The van der Waals surface area contributed by atoms with Crippen LogP contribution in [0.15, 0.2) is 5.51 Å². The Hall–Kier alpha value is -0.680. The Balaban J connectivity index is 1.96. The average molecular weight is 240 g/mol. The molecule has 1 aliphatic rings. The minimum Gasteiger partial charge on any atom is -0.345 e. The zero-order valence-electron chi connectivity index (χ0n) is 10.0. The normalized spacial score (nSPS) is 20.6. The second-order valence-electron chi connectivity index (χ2n) is 4.81. The molecule has 1 N–H and O–H groups in total. The minimum atomic E-state index is 0.627. The summed E-state index contributed by atoms with van der Waals surface area (Å²) >= 11 is 1.63. The highest BCUT2D eigenvalue weighted by Gasteiger charge is 2.20. The van der Waals surface area contributed by atoms with Crippen molar-refractivity contribution in [2.45, 2.75) is 32.7 Å². The lowest BCUT2D eigenvalue weighted by Gasteiger charge is -2.26. The Bertz CT molecular complexity index is 293. The quantitative estimate of drug-likeness (QED) is 0.851. The van der Waals surface area contributed by atoms with Crippen LogP contribution >= 0.6 is 11.3 Å². The second-order valence-corrected chi connectivity index (χ2v) is 5.63. The van der Waals surface area contributed by atoms with E-state index < -0.39 is 0 Å². The van der Waals surface area contributed by atoms with Crippen LogP contribution < -0.4 is 10.2 Å². The molecule has 4 nitrogen and oxygen atoms in total. The average Bonchev–Trinajstić information content (AvgIpc) is 2.88. The largest absolute Gasteiger partial charge is 0.345 e. The van der Waals surface area contributed by atoms with Crippen molar-refractivity contribution in [2.24, 2.45) is 5.92 Å². The van der Waals surface area contributed by atoms with Crippen molar-refractivity contribution < 1.29 is 0 Å². The van der Waals surface area contributed by atoms with Gasteiger partial charge < -0.3 is 10.2 Å². The fourth-order valence-electron chi connectivity index (χ4n) is 2.16. The van der Waals surface area contributed by atoms with E-state index in [9.17, 15) is 0 Å². The van der Waals surface area contributed by atoms with Crippen LogP contribution in [0.1, 0.15) is 26.7 Å². The van der Waals surface area contributed by atoms with Crippen LogP contribution in [0.5, 0.6) is 0 Å². The molecule has 1 aromatic rings. The minimum absolute atomic E-state index is 0.627. The predicted octanol–water partition coefficient (Wildman–Crippen LogP) is 1.75. The van der Waals surface area contributed by atoms with Gasteiger partial charge in [-0.15, -0.1) is 10.2 Å². The van der Waals surface area contributed by atoms with E-state index >= 15 is 0 Å². The van der Waals surface area contributed by atoms with Crippen molar-refractivity contribution in [1.29, 1.82) is 0 Å². The molecule has 1 unspecified atom stereocenters. The summed E-state index contributed by atoms with van der Waals surface area (Å²) in [6, 6.07) is 0.627. The molecule has 1 fully saturated rings. The van der Waals surface area contributed by atoms with Crippen LogP contribution in [-0.4, -0.2) is 35.9 Å². The molecule has 2 rings (SSSR count). The number of rotatable bonds is 5. The molecule has 1 aromatic heterocycles. The Kier molecular flexibility index (Phi) is 4.12. The molecule has 0 radical (unpaired) electrons. The summed E-state index contributed by atoms with van der Waals surface area (Å²) in [4.78, 5) is 2.37. The van der Waals surface area contributed by atoms with Crippen molar-refractivity contribution in [3.05, 3.63) is 5.51 Å². The topological polar surface area (TPSA) is 41.0 Å². The molecule has 0 spiro atoms. The summed E-state index contributed by atoms with van der Waals surface area (Å²) in [6.07, 6.45) is 2.59. The van der Waals surface area contributed by atoms with Gasteiger partial charge in [0.15, 0.2) is 0 Å². The van der Waals surface area contributed by atoms with Crippen LogP contribution in [-0.2, 0) is 0 Å². The Morgan fingerprint density at radius 1 is 1.62 bits per heavy atom. The van der Waals surface area contributed by atoms with Gasteiger partial charge in [0.25, 0.3) is 0 Å². The van der Waals surface area contributed by atoms with Gasteiger partial charge in [0.05, 0.1) is 0 Å². The fourth-order valence-corrected chi connectivity index (χ4v) is 2.74. The maximum Gasteiger partial charge on any atom is 0.208 e. The molecule has 1 saturated heterocycles. The standard InChI is InChI=1S/C11H20N4S/c1-9(2)6-15(11-14-13-8-16-11)7-10-4-3-5-12-10/h8-10,12H,3-7H2,1-2H3. The summed E-state index contributed by atoms with van der Waals surface area (Å²) in [5.41, 5.74) is 1.81. The van der Waals surface area contributed by atoms with Crippen molar-refractivity contribution in [1.82, 2.24) is 15.5 Å². The van der Waals surface area contributed by atoms with Crippen molar-refractivity contribution in [3.8, 4) is 0 Å². The molecule has 2 heterocycles. The molecular weight excluding hydrogens is 220 g/mol. The zero-order chi connectivity index (χ0) is 11.4. The molecule has 16 heavy (non-hydrogen) atoms. The zero-order valence-corrected chi connectivity index (χ0v) is 10.8. The van der Waals surface area contributed by atoms with E-state index in [1.54, 1.807) is 11.3 Å². The summed E-state index contributed by atoms with van der Waals surface area (Å²) in [7, 11) is 0. The van der Waals surface area contributed by atoms with E-state index in [2.05, 4.69) is 34.3 Å². The van der Waals surface area contributed by atoms with E-state index in [-0.39, 0.29) is 0 Å². The Labute approximate surface area is 101 Å². The van der Waals surface area contributed by atoms with Crippen molar-refractivity contribution in [3.63, 3.8) is 0 Å². The van der Waals surface area contributed by atoms with Gasteiger partial charge in [0, 0.05) is 19.1 Å². The van der Waals surface area contributed by atoms with Gasteiger partial charge in [-0.25, -0.2) is 0 Å². The molecule has 0 amide bonds. The first-order valence-electron chi connectivity index (χ1n) is 6.00. The maximum absolute atomic E-state index is 4.18. The number of nitrogens with one attached hydrogen (secondary N) is 1. The molecule has 90 valence electrons. The number of nitrogens with zero attached hydrogens (tertiary/aromatic N) is 3. The van der Waals surface area contributed by atoms with Gasteiger partial charge in [-0.3, -0.25) is 0 Å². The molecule has 1 aliphatic heterocycles. The van der Waals surface area contributed by atoms with Crippen LogP contribution in [0.3, 0.4) is 0 Å². The predicted molar refractivity (Wildman–Crippen MR) is 68.0 cm³/mol. The summed E-state index contributed by atoms with van der Waals surface area (Å²) in [5.74, 6) is 0.658. The first kappa shape index (κ1) is 11.8. The van der Waals surface area contributed by atoms with Crippen LogP contribution in [0.4, 0.5) is 5.13 Å². The van der Waals surface area contributed by atoms with Gasteiger partial charge >= 0.3 is 0 Å².